The summed E-state index contributed by atoms with van der Waals surface area (Å²) in [5.41, 5.74) is 1.98. The van der Waals surface area contributed by atoms with Gasteiger partial charge in [-0.05, 0) is 55.8 Å². The molecule has 0 bridgehead atoms. The lowest BCUT2D eigenvalue weighted by molar-refractivity contribution is 0.0989. The molecule has 0 spiro atoms. The minimum Gasteiger partial charge on any atom is -0.308 e. The SMILES string of the molecule is Cc1nc2ccccc2c(=O)n1-c1ccc(C(=O)N2CCc3c(F)cc(F)cc32)cc1. The molecule has 0 saturated heterocycles. The van der Waals surface area contributed by atoms with Gasteiger partial charge in [-0.3, -0.25) is 14.2 Å². The summed E-state index contributed by atoms with van der Waals surface area (Å²) in [5, 5.41) is 0.506. The van der Waals surface area contributed by atoms with Crippen molar-refractivity contribution in [2.45, 2.75) is 13.3 Å². The van der Waals surface area contributed by atoms with Crippen molar-refractivity contribution in [2.75, 3.05) is 11.4 Å². The number of amides is 1. The van der Waals surface area contributed by atoms with Gasteiger partial charge in [0, 0.05) is 23.7 Å². The highest BCUT2D eigenvalue weighted by molar-refractivity contribution is 6.07. The number of para-hydroxylation sites is 1. The molecule has 0 unspecified atom stereocenters. The standard InChI is InChI=1S/C24H17F2N3O2/c1-14-27-21-5-3-2-4-19(21)24(31)29(14)17-8-6-15(7-9-17)23(30)28-11-10-18-20(26)12-16(25)13-22(18)28/h2-9,12-13H,10-11H2,1H3. The number of hydrogen-bond donors (Lipinski definition) is 0. The van der Waals surface area contributed by atoms with E-state index in [1.807, 2.05) is 6.07 Å². The predicted octanol–water partition coefficient (Wildman–Crippen LogP) is 4.18. The number of carbonyl (C=O) groups is 1. The van der Waals surface area contributed by atoms with Crippen molar-refractivity contribution in [3.05, 3.63) is 99.6 Å². The minimum atomic E-state index is -0.718. The Morgan fingerprint density at radius 2 is 1.77 bits per heavy atom. The number of aryl methyl sites for hydroxylation is 1. The third-order valence-electron chi connectivity index (χ3n) is 5.57. The maximum absolute atomic E-state index is 14.0. The molecule has 154 valence electrons. The normalized spacial score (nSPS) is 12.9. The highest BCUT2D eigenvalue weighted by Gasteiger charge is 2.28. The van der Waals surface area contributed by atoms with Gasteiger partial charge >= 0.3 is 0 Å². The van der Waals surface area contributed by atoms with Crippen LogP contribution in [-0.2, 0) is 6.42 Å². The van der Waals surface area contributed by atoms with Crippen LogP contribution in [0.25, 0.3) is 16.6 Å². The molecule has 7 heteroatoms. The summed E-state index contributed by atoms with van der Waals surface area (Å²) < 4.78 is 29.2. The fourth-order valence-electron chi connectivity index (χ4n) is 4.09. The van der Waals surface area contributed by atoms with Crippen molar-refractivity contribution in [3.8, 4) is 5.69 Å². The van der Waals surface area contributed by atoms with Crippen molar-refractivity contribution in [1.29, 1.82) is 0 Å². The Kier molecular flexibility index (Phi) is 4.39. The van der Waals surface area contributed by atoms with Gasteiger partial charge in [0.05, 0.1) is 22.3 Å². The van der Waals surface area contributed by atoms with Crippen LogP contribution in [0.15, 0.2) is 65.5 Å². The Morgan fingerprint density at radius 3 is 2.55 bits per heavy atom. The lowest BCUT2D eigenvalue weighted by Gasteiger charge is -2.18. The number of rotatable bonds is 2. The van der Waals surface area contributed by atoms with Crippen LogP contribution in [-0.4, -0.2) is 22.0 Å². The minimum absolute atomic E-state index is 0.193. The molecule has 1 amide bonds. The van der Waals surface area contributed by atoms with Crippen molar-refractivity contribution >= 4 is 22.5 Å². The fraction of sp³-hybridized carbons (Fsp3) is 0.125. The van der Waals surface area contributed by atoms with Gasteiger partial charge in [-0.2, -0.15) is 0 Å². The summed E-state index contributed by atoms with van der Waals surface area (Å²) in [5.74, 6) is -1.18. The number of nitrogens with zero attached hydrogens (tertiary/aromatic N) is 3. The van der Waals surface area contributed by atoms with Gasteiger partial charge in [0.2, 0.25) is 0 Å². The number of aromatic nitrogens is 2. The topological polar surface area (TPSA) is 55.2 Å². The summed E-state index contributed by atoms with van der Waals surface area (Å²) in [6, 6.07) is 15.7. The Morgan fingerprint density at radius 1 is 1.03 bits per heavy atom. The molecule has 5 nitrogen and oxygen atoms in total. The van der Waals surface area contributed by atoms with Gasteiger partial charge in [0.15, 0.2) is 0 Å². The average molecular weight is 417 g/mol. The molecule has 2 heterocycles. The molecule has 0 atom stereocenters. The number of hydrogen-bond acceptors (Lipinski definition) is 3. The second-order valence-electron chi connectivity index (χ2n) is 7.46. The predicted molar refractivity (Wildman–Crippen MR) is 114 cm³/mol. The van der Waals surface area contributed by atoms with Crippen LogP contribution >= 0.6 is 0 Å². The number of carbonyl (C=O) groups excluding carboxylic acids is 1. The maximum Gasteiger partial charge on any atom is 0.265 e. The van der Waals surface area contributed by atoms with E-state index in [1.165, 1.54) is 15.5 Å². The zero-order valence-corrected chi connectivity index (χ0v) is 16.6. The molecular formula is C24H17F2N3O2. The van der Waals surface area contributed by atoms with Crippen molar-refractivity contribution in [1.82, 2.24) is 9.55 Å². The second-order valence-corrected chi connectivity index (χ2v) is 7.46. The molecule has 1 aliphatic rings. The highest BCUT2D eigenvalue weighted by atomic mass is 19.1. The van der Waals surface area contributed by atoms with Gasteiger partial charge in [-0.25, -0.2) is 13.8 Å². The number of benzene rings is 3. The molecule has 31 heavy (non-hydrogen) atoms. The van der Waals surface area contributed by atoms with Crippen LogP contribution in [0, 0.1) is 18.6 Å². The van der Waals surface area contributed by atoms with Crippen LogP contribution in [0.4, 0.5) is 14.5 Å². The van der Waals surface area contributed by atoms with Crippen molar-refractivity contribution in [3.63, 3.8) is 0 Å². The molecule has 0 aliphatic carbocycles. The Bertz CT molecular complexity index is 1410. The van der Waals surface area contributed by atoms with Crippen LogP contribution in [0.2, 0.25) is 0 Å². The molecule has 3 aromatic carbocycles. The maximum atomic E-state index is 14.0. The van der Waals surface area contributed by atoms with Gasteiger partial charge < -0.3 is 4.90 Å². The van der Waals surface area contributed by atoms with Crippen LogP contribution in [0.3, 0.4) is 0 Å². The first kappa shape index (κ1) is 19.1. The molecule has 1 aliphatic heterocycles. The summed E-state index contributed by atoms with van der Waals surface area (Å²) in [7, 11) is 0. The number of halogens is 2. The molecular weight excluding hydrogens is 400 g/mol. The third kappa shape index (κ3) is 3.09. The van der Waals surface area contributed by atoms with E-state index in [0.717, 1.165) is 6.07 Å². The van der Waals surface area contributed by atoms with Crippen molar-refractivity contribution < 1.29 is 13.6 Å². The van der Waals surface area contributed by atoms with Crippen molar-refractivity contribution in [2.24, 2.45) is 0 Å². The molecule has 5 rings (SSSR count). The summed E-state index contributed by atoms with van der Waals surface area (Å²) in [6.07, 6.45) is 0.336. The van der Waals surface area contributed by atoms with E-state index < -0.39 is 11.6 Å². The first-order chi connectivity index (χ1) is 14.9. The molecule has 0 saturated carbocycles. The Labute approximate surface area is 176 Å². The van der Waals surface area contributed by atoms with E-state index in [9.17, 15) is 18.4 Å². The molecule has 0 radical (unpaired) electrons. The van der Waals surface area contributed by atoms with E-state index in [0.29, 0.717) is 40.0 Å². The van der Waals surface area contributed by atoms with E-state index in [1.54, 1.807) is 49.4 Å². The molecule has 0 fully saturated rings. The van der Waals surface area contributed by atoms with Gasteiger partial charge in [0.25, 0.3) is 11.5 Å². The van der Waals surface area contributed by atoms with E-state index in [2.05, 4.69) is 4.98 Å². The lowest BCUT2D eigenvalue weighted by Crippen LogP contribution is -2.29. The Hall–Kier alpha value is -3.87. The summed E-state index contributed by atoms with van der Waals surface area (Å²) >= 11 is 0. The second kappa shape index (κ2) is 7.12. The van der Waals surface area contributed by atoms with Gasteiger partial charge in [-0.15, -0.1) is 0 Å². The van der Waals surface area contributed by atoms with E-state index in [-0.39, 0.29) is 23.7 Å². The lowest BCUT2D eigenvalue weighted by atomic mass is 10.1. The smallest absolute Gasteiger partial charge is 0.265 e. The average Bonchev–Trinajstić information content (AvgIpc) is 3.18. The molecule has 1 aromatic heterocycles. The summed E-state index contributed by atoms with van der Waals surface area (Å²) in [6.45, 7) is 2.03. The van der Waals surface area contributed by atoms with E-state index in [4.69, 9.17) is 0 Å². The van der Waals surface area contributed by atoms with Crippen LogP contribution in [0.1, 0.15) is 21.7 Å². The fourth-order valence-corrected chi connectivity index (χ4v) is 4.09. The molecule has 4 aromatic rings. The zero-order chi connectivity index (χ0) is 21.7. The third-order valence-corrected chi connectivity index (χ3v) is 5.57. The largest absolute Gasteiger partial charge is 0.308 e. The zero-order valence-electron chi connectivity index (χ0n) is 16.6. The first-order valence-corrected chi connectivity index (χ1v) is 9.82. The van der Waals surface area contributed by atoms with Gasteiger partial charge in [-0.1, -0.05) is 12.1 Å². The van der Waals surface area contributed by atoms with Crippen LogP contribution < -0.4 is 10.5 Å². The quantitative estimate of drug-likeness (QED) is 0.492. The van der Waals surface area contributed by atoms with Gasteiger partial charge in [0.1, 0.15) is 17.5 Å². The first-order valence-electron chi connectivity index (χ1n) is 9.82. The Balaban J connectivity index is 1.51. The van der Waals surface area contributed by atoms with Crippen LogP contribution in [0.5, 0.6) is 0 Å². The highest BCUT2D eigenvalue weighted by Crippen LogP contribution is 2.32. The number of fused-ring (bicyclic) bond motifs is 2. The number of anilines is 1. The molecule has 0 N–H and O–H groups in total. The van der Waals surface area contributed by atoms with E-state index >= 15 is 0 Å². The summed E-state index contributed by atoms with van der Waals surface area (Å²) in [4.78, 5) is 31.8. The monoisotopic (exact) mass is 417 g/mol.